The number of ketones is 1. The van der Waals surface area contributed by atoms with Crippen LogP contribution in [0, 0.1) is 0 Å². The Hall–Kier alpha value is -2.76. The molecular formula is C20H17F6NO4S. The third-order valence-corrected chi connectivity index (χ3v) is 5.99. The van der Waals surface area contributed by atoms with Crippen molar-refractivity contribution in [1.29, 1.82) is 0 Å². The number of halogens is 6. The van der Waals surface area contributed by atoms with Gasteiger partial charge < -0.3 is 4.74 Å². The molecule has 1 aliphatic rings. The number of carbonyl (C=O) groups excluding carboxylic acids is 1. The number of Topliss-reactive ketones (excluding diaryl/α,β-unsaturated/α-hetero) is 1. The third kappa shape index (κ3) is 5.34. The van der Waals surface area contributed by atoms with Crippen LogP contribution < -0.4 is 9.04 Å². The molecule has 0 radical (unpaired) electrons. The highest BCUT2D eigenvalue weighted by Gasteiger charge is 2.37. The van der Waals surface area contributed by atoms with Gasteiger partial charge in [0.2, 0.25) is 10.0 Å². The molecule has 3 rings (SSSR count). The summed E-state index contributed by atoms with van der Waals surface area (Å²) < 4.78 is 108. The van der Waals surface area contributed by atoms with E-state index in [0.717, 1.165) is 6.26 Å². The van der Waals surface area contributed by atoms with Crippen LogP contribution in [0.5, 0.6) is 5.75 Å². The van der Waals surface area contributed by atoms with Crippen LogP contribution in [0.4, 0.5) is 32.0 Å². The molecule has 2 aromatic rings. The molecule has 0 atom stereocenters. The van der Waals surface area contributed by atoms with Gasteiger partial charge in [-0.15, -0.1) is 0 Å². The van der Waals surface area contributed by atoms with Gasteiger partial charge in [-0.25, -0.2) is 8.42 Å². The number of rotatable bonds is 5. The first-order chi connectivity index (χ1) is 14.7. The van der Waals surface area contributed by atoms with E-state index in [9.17, 15) is 39.6 Å². The summed E-state index contributed by atoms with van der Waals surface area (Å²) in [5.41, 5.74) is -1.99. The van der Waals surface area contributed by atoms with Crippen molar-refractivity contribution in [3.8, 4) is 5.75 Å². The fourth-order valence-corrected chi connectivity index (χ4v) is 4.32. The van der Waals surface area contributed by atoms with E-state index in [2.05, 4.69) is 0 Å². The topological polar surface area (TPSA) is 63.7 Å². The van der Waals surface area contributed by atoms with Crippen LogP contribution in [0.25, 0.3) is 0 Å². The quantitative estimate of drug-likeness (QED) is 0.459. The summed E-state index contributed by atoms with van der Waals surface area (Å²) in [4.78, 5) is 12.4. The zero-order valence-corrected chi connectivity index (χ0v) is 17.4. The van der Waals surface area contributed by atoms with E-state index in [1.54, 1.807) is 0 Å². The molecule has 174 valence electrons. The van der Waals surface area contributed by atoms with Crippen LogP contribution in [-0.4, -0.2) is 33.6 Å². The van der Waals surface area contributed by atoms with E-state index in [0.29, 0.717) is 42.8 Å². The van der Waals surface area contributed by atoms with Crippen molar-refractivity contribution in [1.82, 2.24) is 0 Å². The number of hydrogen-bond acceptors (Lipinski definition) is 4. The van der Waals surface area contributed by atoms with Gasteiger partial charge in [-0.1, -0.05) is 0 Å². The van der Waals surface area contributed by atoms with Crippen LogP contribution in [0.15, 0.2) is 36.4 Å². The maximum absolute atomic E-state index is 12.9. The van der Waals surface area contributed by atoms with E-state index < -0.39 is 51.6 Å². The van der Waals surface area contributed by atoms with Crippen molar-refractivity contribution in [2.24, 2.45) is 0 Å². The van der Waals surface area contributed by atoms with Crippen molar-refractivity contribution in [2.45, 2.75) is 25.2 Å². The standard InChI is InChI=1S/C20H17F6NO4S/c1-32(29,30)27-6-2-3-12-7-13(4-5-17(12)27)18(28)11-31-16-9-14(19(21,22)23)8-15(10-16)20(24,25)26/h4-5,7-10H,2-3,6,11H2,1H3. The zero-order chi connectivity index (χ0) is 23.9. The molecule has 12 heteroatoms. The lowest BCUT2D eigenvalue weighted by atomic mass is 9.99. The minimum Gasteiger partial charge on any atom is -0.485 e. The number of hydrogen-bond donors (Lipinski definition) is 0. The van der Waals surface area contributed by atoms with Gasteiger partial charge in [0, 0.05) is 12.1 Å². The van der Waals surface area contributed by atoms with Crippen molar-refractivity contribution >= 4 is 21.5 Å². The van der Waals surface area contributed by atoms with Crippen LogP contribution in [0.3, 0.4) is 0 Å². The summed E-state index contributed by atoms with van der Waals surface area (Å²) in [6, 6.07) is 4.96. The minimum atomic E-state index is -5.03. The highest BCUT2D eigenvalue weighted by atomic mass is 32.2. The molecule has 0 bridgehead atoms. The summed E-state index contributed by atoms with van der Waals surface area (Å²) in [6.45, 7) is -0.507. The highest BCUT2D eigenvalue weighted by molar-refractivity contribution is 7.92. The number of ether oxygens (including phenoxy) is 1. The predicted octanol–water partition coefficient (Wildman–Crippen LogP) is 4.70. The second kappa shape index (κ2) is 8.30. The minimum absolute atomic E-state index is 0.0360. The maximum Gasteiger partial charge on any atom is 0.416 e. The second-order valence-electron chi connectivity index (χ2n) is 7.24. The predicted molar refractivity (Wildman–Crippen MR) is 103 cm³/mol. The average molecular weight is 481 g/mol. The van der Waals surface area contributed by atoms with E-state index in [1.165, 1.54) is 22.5 Å². The fraction of sp³-hybridized carbons (Fsp3) is 0.350. The van der Waals surface area contributed by atoms with E-state index in [-0.39, 0.29) is 11.6 Å². The van der Waals surface area contributed by atoms with Crippen molar-refractivity contribution < 1.29 is 44.3 Å². The molecule has 1 heterocycles. The van der Waals surface area contributed by atoms with Gasteiger partial charge in [0.15, 0.2) is 12.4 Å². The Balaban J connectivity index is 1.82. The van der Waals surface area contributed by atoms with Gasteiger partial charge in [-0.3, -0.25) is 9.10 Å². The maximum atomic E-state index is 12.9. The Kier molecular flexibility index (Phi) is 6.20. The normalized spacial score (nSPS) is 14.8. The average Bonchev–Trinajstić information content (AvgIpc) is 2.69. The molecule has 0 fully saturated rings. The highest BCUT2D eigenvalue weighted by Crippen LogP contribution is 2.38. The smallest absolute Gasteiger partial charge is 0.416 e. The van der Waals surface area contributed by atoms with E-state index in [1.807, 2.05) is 0 Å². The fourth-order valence-electron chi connectivity index (χ4n) is 3.32. The van der Waals surface area contributed by atoms with E-state index in [4.69, 9.17) is 4.74 Å². The van der Waals surface area contributed by atoms with Gasteiger partial charge in [0.1, 0.15) is 5.75 Å². The van der Waals surface area contributed by atoms with Gasteiger partial charge in [-0.2, -0.15) is 26.3 Å². The summed E-state index contributed by atoms with van der Waals surface area (Å²) in [5, 5.41) is 0. The molecule has 0 saturated heterocycles. The molecule has 32 heavy (non-hydrogen) atoms. The molecule has 0 unspecified atom stereocenters. The molecule has 5 nitrogen and oxygen atoms in total. The molecule has 0 aromatic heterocycles. The summed E-state index contributed by atoms with van der Waals surface area (Å²) in [5.74, 6) is -1.43. The van der Waals surface area contributed by atoms with Crippen LogP contribution >= 0.6 is 0 Å². The summed E-state index contributed by atoms with van der Waals surface area (Å²) in [7, 11) is -3.51. The summed E-state index contributed by atoms with van der Waals surface area (Å²) >= 11 is 0. The Morgan fingerprint density at radius 2 is 1.59 bits per heavy atom. The molecule has 0 N–H and O–H groups in total. The number of benzene rings is 2. The lowest BCUT2D eigenvalue weighted by molar-refractivity contribution is -0.143. The number of aryl methyl sites for hydroxylation is 1. The van der Waals surface area contributed by atoms with Gasteiger partial charge >= 0.3 is 12.4 Å². The lowest BCUT2D eigenvalue weighted by Gasteiger charge is -2.29. The molecule has 0 amide bonds. The Morgan fingerprint density at radius 3 is 2.12 bits per heavy atom. The number of sulfonamides is 1. The molecule has 1 aliphatic heterocycles. The number of fused-ring (bicyclic) bond motifs is 1. The molecular weight excluding hydrogens is 464 g/mol. The van der Waals surface area contributed by atoms with Crippen molar-refractivity contribution in [3.05, 3.63) is 58.7 Å². The Bertz CT molecular complexity index is 1110. The number of carbonyl (C=O) groups is 1. The zero-order valence-electron chi connectivity index (χ0n) is 16.5. The second-order valence-corrected chi connectivity index (χ2v) is 9.14. The third-order valence-electron chi connectivity index (χ3n) is 4.81. The van der Waals surface area contributed by atoms with E-state index >= 15 is 0 Å². The number of nitrogens with zero attached hydrogens (tertiary/aromatic N) is 1. The largest absolute Gasteiger partial charge is 0.485 e. The number of anilines is 1. The molecule has 0 spiro atoms. The molecule has 0 aliphatic carbocycles. The Labute approximate surface area is 179 Å². The monoisotopic (exact) mass is 481 g/mol. The van der Waals surface area contributed by atoms with Gasteiger partial charge in [0.05, 0.1) is 23.1 Å². The number of alkyl halides is 6. The van der Waals surface area contributed by atoms with Crippen molar-refractivity contribution in [2.75, 3.05) is 23.7 Å². The van der Waals surface area contributed by atoms with Gasteiger partial charge in [-0.05, 0) is 54.8 Å². The first-order valence-electron chi connectivity index (χ1n) is 9.22. The van der Waals surface area contributed by atoms with Crippen LogP contribution in [-0.2, 0) is 28.8 Å². The first kappa shape index (κ1) is 23.9. The first-order valence-corrected chi connectivity index (χ1v) is 11.1. The van der Waals surface area contributed by atoms with Gasteiger partial charge in [0.25, 0.3) is 0 Å². The Morgan fingerprint density at radius 1 is 1.00 bits per heavy atom. The molecule has 2 aromatic carbocycles. The SMILES string of the molecule is CS(=O)(=O)N1CCCc2cc(C(=O)COc3cc(C(F)(F)F)cc(C(F)(F)F)c3)ccc21. The van der Waals surface area contributed by atoms with Crippen molar-refractivity contribution in [3.63, 3.8) is 0 Å². The molecule has 0 saturated carbocycles. The van der Waals surface area contributed by atoms with Crippen LogP contribution in [0.1, 0.15) is 33.5 Å². The summed E-state index contributed by atoms with van der Waals surface area (Å²) in [6.07, 6.45) is -7.98. The van der Waals surface area contributed by atoms with Crippen LogP contribution in [0.2, 0.25) is 0 Å². The lowest BCUT2D eigenvalue weighted by Crippen LogP contribution is -2.34.